The highest BCUT2D eigenvalue weighted by molar-refractivity contribution is 8.00. The molecule has 0 atom stereocenters. The molecule has 0 radical (unpaired) electrons. The van der Waals surface area contributed by atoms with Crippen molar-refractivity contribution < 1.29 is 14.0 Å². The van der Waals surface area contributed by atoms with Gasteiger partial charge in [0.05, 0.1) is 12.0 Å². The van der Waals surface area contributed by atoms with Gasteiger partial charge < -0.3 is 14.6 Å². The Balaban J connectivity index is 1.30. The molecule has 3 rings (SSSR count). The van der Waals surface area contributed by atoms with E-state index in [-0.39, 0.29) is 11.8 Å². The Morgan fingerprint density at radius 2 is 2.00 bits per heavy atom. The number of likely N-dealkylation sites (tertiary alicyclic amines) is 1. The molecule has 142 valence electrons. The lowest BCUT2D eigenvalue weighted by atomic mass is 9.96. The topological polar surface area (TPSA) is 62.6 Å². The van der Waals surface area contributed by atoms with Gasteiger partial charge in [0.2, 0.25) is 11.8 Å². The van der Waals surface area contributed by atoms with Crippen molar-refractivity contribution in [3.05, 3.63) is 30.2 Å². The third-order valence-corrected chi connectivity index (χ3v) is 6.57. The summed E-state index contributed by atoms with van der Waals surface area (Å²) in [6, 6.07) is 3.62. The summed E-state index contributed by atoms with van der Waals surface area (Å²) in [6.07, 6.45) is 11.9. The van der Waals surface area contributed by atoms with E-state index in [0.29, 0.717) is 22.7 Å². The highest BCUT2D eigenvalue weighted by atomic mass is 32.2. The van der Waals surface area contributed by atoms with Crippen LogP contribution in [0.4, 0.5) is 0 Å². The van der Waals surface area contributed by atoms with E-state index >= 15 is 0 Å². The fourth-order valence-corrected chi connectivity index (χ4v) is 4.72. The van der Waals surface area contributed by atoms with Crippen molar-refractivity contribution in [1.29, 1.82) is 0 Å². The second kappa shape index (κ2) is 9.86. The molecule has 5 nitrogen and oxygen atoms in total. The number of thioether (sulfide) groups is 1. The largest absolute Gasteiger partial charge is 0.465 e. The molecule has 1 N–H and O–H groups in total. The standard InChI is InChI=1S/C20H28N2O3S/c23-19(15-26-18-5-1-2-6-18)21-14-16-9-11-22(12-10-16)20(24)8-7-17-4-3-13-25-17/h3-4,7-8,13,16,18H,1-2,5-6,9-12,14-15H2,(H,21,23)/b8-7+. The molecule has 0 spiro atoms. The lowest BCUT2D eigenvalue weighted by molar-refractivity contribution is -0.127. The number of amides is 2. The summed E-state index contributed by atoms with van der Waals surface area (Å²) >= 11 is 1.81. The number of hydrogen-bond acceptors (Lipinski definition) is 4. The predicted octanol–water partition coefficient (Wildman–Crippen LogP) is 3.32. The molecule has 1 aromatic rings. The summed E-state index contributed by atoms with van der Waals surface area (Å²) in [7, 11) is 0. The van der Waals surface area contributed by atoms with E-state index in [9.17, 15) is 9.59 Å². The van der Waals surface area contributed by atoms with Gasteiger partial charge in [-0.15, -0.1) is 11.8 Å². The van der Waals surface area contributed by atoms with Crippen molar-refractivity contribution in [2.45, 2.75) is 43.8 Å². The number of carbonyl (C=O) groups is 2. The lowest BCUT2D eigenvalue weighted by Crippen LogP contribution is -2.41. The van der Waals surface area contributed by atoms with Crippen LogP contribution in [0.5, 0.6) is 0 Å². The van der Waals surface area contributed by atoms with Gasteiger partial charge in [-0.1, -0.05) is 12.8 Å². The average Bonchev–Trinajstić information content (AvgIpc) is 3.37. The van der Waals surface area contributed by atoms with E-state index in [1.807, 2.05) is 22.7 Å². The third-order valence-electron chi connectivity index (χ3n) is 5.20. The summed E-state index contributed by atoms with van der Waals surface area (Å²) in [5, 5.41) is 3.76. The molecule has 0 aromatic carbocycles. The number of furan rings is 1. The van der Waals surface area contributed by atoms with Crippen LogP contribution in [-0.4, -0.2) is 47.4 Å². The maximum atomic E-state index is 12.2. The minimum Gasteiger partial charge on any atom is -0.465 e. The van der Waals surface area contributed by atoms with Crippen LogP contribution in [0.1, 0.15) is 44.3 Å². The van der Waals surface area contributed by atoms with Gasteiger partial charge in [0.25, 0.3) is 0 Å². The van der Waals surface area contributed by atoms with Crippen molar-refractivity contribution in [3.63, 3.8) is 0 Å². The molecule has 1 aromatic heterocycles. The monoisotopic (exact) mass is 376 g/mol. The first-order valence-electron chi connectivity index (χ1n) is 9.59. The second-order valence-electron chi connectivity index (χ2n) is 7.14. The van der Waals surface area contributed by atoms with Crippen molar-refractivity contribution >= 4 is 29.7 Å². The van der Waals surface area contributed by atoms with Crippen molar-refractivity contribution in [2.24, 2.45) is 5.92 Å². The highest BCUT2D eigenvalue weighted by Gasteiger charge is 2.22. The molecule has 2 fully saturated rings. The lowest BCUT2D eigenvalue weighted by Gasteiger charge is -2.31. The van der Waals surface area contributed by atoms with Crippen molar-refractivity contribution in [1.82, 2.24) is 10.2 Å². The number of hydrogen-bond donors (Lipinski definition) is 1. The summed E-state index contributed by atoms with van der Waals surface area (Å²) < 4.78 is 5.20. The van der Waals surface area contributed by atoms with Crippen molar-refractivity contribution in [2.75, 3.05) is 25.4 Å². The third kappa shape index (κ3) is 5.94. The number of carbonyl (C=O) groups excluding carboxylic acids is 2. The molecule has 1 aliphatic heterocycles. The van der Waals surface area contributed by atoms with Crippen LogP contribution in [0.25, 0.3) is 6.08 Å². The molecule has 2 aliphatic rings. The van der Waals surface area contributed by atoms with E-state index in [2.05, 4.69) is 5.32 Å². The SMILES string of the molecule is O=C(CSC1CCCC1)NCC1CCN(C(=O)/C=C/c2ccco2)CC1. The smallest absolute Gasteiger partial charge is 0.246 e. The Morgan fingerprint density at radius 1 is 1.23 bits per heavy atom. The van der Waals surface area contributed by atoms with Gasteiger partial charge in [0.1, 0.15) is 5.76 Å². The van der Waals surface area contributed by atoms with Crippen LogP contribution in [0.3, 0.4) is 0 Å². The maximum Gasteiger partial charge on any atom is 0.246 e. The minimum absolute atomic E-state index is 0.0249. The molecule has 1 aliphatic carbocycles. The molecular weight excluding hydrogens is 348 g/mol. The number of nitrogens with one attached hydrogen (secondary N) is 1. The zero-order valence-corrected chi connectivity index (χ0v) is 16.0. The van der Waals surface area contributed by atoms with Gasteiger partial charge in [-0.25, -0.2) is 0 Å². The van der Waals surface area contributed by atoms with Crippen molar-refractivity contribution in [3.8, 4) is 0 Å². The Kier molecular flexibility index (Phi) is 7.23. The second-order valence-corrected chi connectivity index (χ2v) is 8.43. The van der Waals surface area contributed by atoms with E-state index in [0.717, 1.165) is 32.5 Å². The molecule has 0 unspecified atom stereocenters. The highest BCUT2D eigenvalue weighted by Crippen LogP contribution is 2.29. The fraction of sp³-hybridized carbons (Fsp3) is 0.600. The van der Waals surface area contributed by atoms with Gasteiger partial charge in [-0.05, 0) is 49.8 Å². The summed E-state index contributed by atoms with van der Waals surface area (Å²) in [6.45, 7) is 2.23. The number of rotatable bonds is 7. The molecule has 26 heavy (non-hydrogen) atoms. The predicted molar refractivity (Wildman–Crippen MR) is 105 cm³/mol. The summed E-state index contributed by atoms with van der Waals surface area (Å²) in [5.41, 5.74) is 0. The fourth-order valence-electron chi connectivity index (χ4n) is 3.56. The molecule has 2 heterocycles. The Hall–Kier alpha value is -1.69. The molecular formula is C20H28N2O3S. The van der Waals surface area contributed by atoms with Gasteiger partial charge in [0.15, 0.2) is 0 Å². The Bertz CT molecular complexity index is 601. The molecule has 6 heteroatoms. The van der Waals surface area contributed by atoms with Crippen LogP contribution >= 0.6 is 11.8 Å². The first-order chi connectivity index (χ1) is 12.7. The van der Waals surface area contributed by atoms with E-state index in [1.165, 1.54) is 25.7 Å². The molecule has 2 amide bonds. The Morgan fingerprint density at radius 3 is 2.69 bits per heavy atom. The van der Waals surface area contributed by atoms with Crippen LogP contribution in [0.2, 0.25) is 0 Å². The van der Waals surface area contributed by atoms with Gasteiger partial charge in [-0.2, -0.15) is 0 Å². The first kappa shape index (κ1) is 19.1. The zero-order valence-electron chi connectivity index (χ0n) is 15.2. The van der Waals surface area contributed by atoms with Gasteiger partial charge in [-0.3, -0.25) is 9.59 Å². The van der Waals surface area contributed by atoms with Crippen LogP contribution in [-0.2, 0) is 9.59 Å². The van der Waals surface area contributed by atoms with E-state index < -0.39 is 0 Å². The summed E-state index contributed by atoms with van der Waals surface area (Å²) in [5.74, 6) is 1.91. The minimum atomic E-state index is 0.0249. The quantitative estimate of drug-likeness (QED) is 0.742. The molecule has 1 saturated heterocycles. The average molecular weight is 377 g/mol. The Labute approximate surface area is 159 Å². The maximum absolute atomic E-state index is 12.2. The van der Waals surface area contributed by atoms with E-state index in [4.69, 9.17) is 4.42 Å². The number of nitrogens with zero attached hydrogens (tertiary/aromatic N) is 1. The number of piperidine rings is 1. The normalized spacial score (nSPS) is 19.3. The zero-order chi connectivity index (χ0) is 18.2. The van der Waals surface area contributed by atoms with Crippen LogP contribution in [0.15, 0.2) is 28.9 Å². The van der Waals surface area contributed by atoms with Crippen LogP contribution in [0, 0.1) is 5.92 Å². The summed E-state index contributed by atoms with van der Waals surface area (Å²) in [4.78, 5) is 26.1. The first-order valence-corrected chi connectivity index (χ1v) is 10.6. The molecule has 1 saturated carbocycles. The van der Waals surface area contributed by atoms with Gasteiger partial charge >= 0.3 is 0 Å². The molecule has 0 bridgehead atoms. The van der Waals surface area contributed by atoms with E-state index in [1.54, 1.807) is 24.5 Å². The van der Waals surface area contributed by atoms with Crippen LogP contribution < -0.4 is 5.32 Å². The van der Waals surface area contributed by atoms with Gasteiger partial charge in [0, 0.05) is 31.0 Å².